The van der Waals surface area contributed by atoms with Crippen LogP contribution in [-0.2, 0) is 41.5 Å². The van der Waals surface area contributed by atoms with Gasteiger partial charge in [0, 0.05) is 0 Å². The zero-order chi connectivity index (χ0) is 24.5. The van der Waals surface area contributed by atoms with Crippen molar-refractivity contribution in [3.05, 3.63) is 82.0 Å². The number of fused-ring (bicyclic) bond motifs is 3. The SMILES string of the molecule is CC(C)(C)c1ccc2c(c1)Cc1c-2ccc(C(C)(C)C)c1C1(C2=CC=CC2)CCC[C]1=[Zr]([Cl])[Cl]. The first-order chi connectivity index (χ1) is 15.9. The van der Waals surface area contributed by atoms with Gasteiger partial charge in [0.15, 0.2) is 0 Å². The van der Waals surface area contributed by atoms with Crippen LogP contribution in [0.4, 0.5) is 0 Å². The Hall–Kier alpha value is -0.747. The minimum absolute atomic E-state index is 0.0468. The number of rotatable bonds is 2. The van der Waals surface area contributed by atoms with Gasteiger partial charge in [-0.25, -0.2) is 0 Å². The van der Waals surface area contributed by atoms with Gasteiger partial charge in [-0.15, -0.1) is 0 Å². The van der Waals surface area contributed by atoms with E-state index in [0.29, 0.717) is 0 Å². The molecule has 1 saturated carbocycles. The molecule has 0 aliphatic heterocycles. The van der Waals surface area contributed by atoms with Crippen LogP contribution in [0.3, 0.4) is 0 Å². The van der Waals surface area contributed by atoms with Gasteiger partial charge < -0.3 is 0 Å². The molecule has 3 aliphatic carbocycles. The Morgan fingerprint density at radius 2 is 1.65 bits per heavy atom. The van der Waals surface area contributed by atoms with Gasteiger partial charge in [0.05, 0.1) is 0 Å². The van der Waals surface area contributed by atoms with Crippen LogP contribution < -0.4 is 0 Å². The van der Waals surface area contributed by atoms with Crippen molar-refractivity contribution in [2.75, 3.05) is 0 Å². The predicted octanol–water partition coefficient (Wildman–Crippen LogP) is 9.26. The fraction of sp³-hybridized carbons (Fsp3) is 0.452. The second kappa shape index (κ2) is 8.68. The van der Waals surface area contributed by atoms with Crippen molar-refractivity contribution in [3.8, 4) is 11.1 Å². The van der Waals surface area contributed by atoms with Crippen LogP contribution in [0.1, 0.15) is 95.0 Å². The number of benzene rings is 2. The standard InChI is InChI=1S/C31H36.2ClH.Zr/c1-29(2,3)23-13-14-24-21(19-23)20-26-25(24)15-16-27(30(4,5)6)28(26)31(17-9-10-18-31)22-11-7-8-12-22;;;/h7-8,11,13-16,19H,9-10,12,17,20H2,1-6H3;2*1H;/q;;;+2/p-2. The first-order valence-electron chi connectivity index (χ1n) is 12.7. The third-order valence-electron chi connectivity index (χ3n) is 8.22. The third kappa shape index (κ3) is 3.94. The van der Waals surface area contributed by atoms with E-state index in [4.69, 9.17) is 17.0 Å². The van der Waals surface area contributed by atoms with Gasteiger partial charge >= 0.3 is 222 Å². The zero-order valence-corrected chi connectivity index (χ0v) is 25.4. The van der Waals surface area contributed by atoms with Gasteiger partial charge in [0.25, 0.3) is 0 Å². The molecule has 3 heteroatoms. The molecule has 0 bridgehead atoms. The van der Waals surface area contributed by atoms with Gasteiger partial charge in [-0.2, -0.15) is 0 Å². The molecule has 1 unspecified atom stereocenters. The van der Waals surface area contributed by atoms with Crippen molar-refractivity contribution < 1.29 is 18.9 Å². The molecule has 2 aromatic carbocycles. The first kappa shape index (κ1) is 24.9. The van der Waals surface area contributed by atoms with E-state index in [0.717, 1.165) is 25.7 Å². The summed E-state index contributed by atoms with van der Waals surface area (Å²) in [6, 6.07) is 12.0. The first-order valence-corrected chi connectivity index (χ1v) is 20.2. The summed E-state index contributed by atoms with van der Waals surface area (Å²) in [6.45, 7) is 14.0. The molecule has 3 aliphatic rings. The van der Waals surface area contributed by atoms with Crippen molar-refractivity contribution in [2.24, 2.45) is 0 Å². The minimum atomic E-state index is -2.63. The number of allylic oxidation sites excluding steroid dienone is 4. The molecule has 34 heavy (non-hydrogen) atoms. The van der Waals surface area contributed by atoms with Crippen molar-refractivity contribution in [3.63, 3.8) is 0 Å². The second-order valence-corrected chi connectivity index (χ2v) is 20.8. The van der Waals surface area contributed by atoms with E-state index < -0.39 is 18.9 Å². The topological polar surface area (TPSA) is 0 Å². The molecule has 0 heterocycles. The Labute approximate surface area is 220 Å². The number of hydrogen-bond donors (Lipinski definition) is 0. The molecule has 1 fully saturated rings. The van der Waals surface area contributed by atoms with E-state index in [-0.39, 0.29) is 16.2 Å². The fourth-order valence-corrected chi connectivity index (χ4v) is 12.3. The van der Waals surface area contributed by atoms with Crippen LogP contribution in [0.2, 0.25) is 0 Å². The molecule has 1 atom stereocenters. The molecule has 0 amide bonds. The maximum atomic E-state index is 6.95. The summed E-state index contributed by atoms with van der Waals surface area (Å²) >= 11 is -2.63. The van der Waals surface area contributed by atoms with Crippen LogP contribution in [0.15, 0.2) is 54.1 Å². The number of hydrogen-bond acceptors (Lipinski definition) is 0. The Bertz CT molecular complexity index is 1260. The van der Waals surface area contributed by atoms with E-state index >= 15 is 0 Å². The van der Waals surface area contributed by atoms with Crippen LogP contribution in [0, 0.1) is 0 Å². The summed E-state index contributed by atoms with van der Waals surface area (Å²) in [4.78, 5) is 0. The van der Waals surface area contributed by atoms with Gasteiger partial charge in [-0.05, 0) is 0 Å². The second-order valence-electron chi connectivity index (χ2n) is 12.4. The van der Waals surface area contributed by atoms with Crippen LogP contribution >= 0.6 is 17.0 Å². The summed E-state index contributed by atoms with van der Waals surface area (Å²) < 4.78 is 1.50. The van der Waals surface area contributed by atoms with Crippen molar-refractivity contribution in [1.29, 1.82) is 0 Å². The molecule has 5 rings (SSSR count). The number of halogens is 2. The van der Waals surface area contributed by atoms with E-state index in [1.165, 1.54) is 48.6 Å². The van der Waals surface area contributed by atoms with E-state index in [9.17, 15) is 0 Å². The molecular formula is C31H36Cl2Zr. The molecule has 0 radical (unpaired) electrons. The Morgan fingerprint density at radius 3 is 2.26 bits per heavy atom. The normalized spacial score (nSPS) is 21.6. The van der Waals surface area contributed by atoms with Crippen LogP contribution in [0.25, 0.3) is 11.1 Å². The molecule has 0 N–H and O–H groups in total. The van der Waals surface area contributed by atoms with Crippen molar-refractivity contribution in [1.82, 2.24) is 0 Å². The quantitative estimate of drug-likeness (QED) is 0.288. The average molecular weight is 571 g/mol. The summed E-state index contributed by atoms with van der Waals surface area (Å²) in [5.74, 6) is 0. The van der Waals surface area contributed by atoms with E-state index in [2.05, 4.69) is 90.1 Å². The zero-order valence-electron chi connectivity index (χ0n) is 21.4. The molecule has 178 valence electrons. The summed E-state index contributed by atoms with van der Waals surface area (Å²) in [7, 11) is 13.9. The Balaban J connectivity index is 1.82. The molecule has 0 aromatic heterocycles. The van der Waals surface area contributed by atoms with Crippen LogP contribution in [-0.4, -0.2) is 3.21 Å². The summed E-state index contributed by atoms with van der Waals surface area (Å²) in [6.07, 6.45) is 12.4. The van der Waals surface area contributed by atoms with Gasteiger partial charge in [0.2, 0.25) is 0 Å². The summed E-state index contributed by atoms with van der Waals surface area (Å²) in [5, 5.41) is 0. The molecule has 2 aromatic rings. The molecule has 0 spiro atoms. The van der Waals surface area contributed by atoms with Gasteiger partial charge in [-0.3, -0.25) is 0 Å². The molecule has 0 nitrogen and oxygen atoms in total. The summed E-state index contributed by atoms with van der Waals surface area (Å²) in [5.41, 5.74) is 11.9. The van der Waals surface area contributed by atoms with E-state index in [1.807, 2.05) is 0 Å². The van der Waals surface area contributed by atoms with Crippen molar-refractivity contribution in [2.45, 2.75) is 89.9 Å². The fourth-order valence-electron chi connectivity index (χ4n) is 6.56. The monoisotopic (exact) mass is 568 g/mol. The van der Waals surface area contributed by atoms with Gasteiger partial charge in [0.1, 0.15) is 0 Å². The van der Waals surface area contributed by atoms with E-state index in [1.54, 1.807) is 5.56 Å². The Kier molecular flexibility index (Phi) is 6.36. The van der Waals surface area contributed by atoms with Crippen LogP contribution in [0.5, 0.6) is 0 Å². The van der Waals surface area contributed by atoms with Gasteiger partial charge in [-0.1, -0.05) is 0 Å². The Morgan fingerprint density at radius 1 is 0.912 bits per heavy atom. The predicted molar refractivity (Wildman–Crippen MR) is 146 cm³/mol. The molecule has 0 saturated heterocycles. The molecular weight excluding hydrogens is 534 g/mol. The van der Waals surface area contributed by atoms with Crippen molar-refractivity contribution >= 4 is 20.2 Å². The average Bonchev–Trinajstić information content (AvgIpc) is 3.48. The third-order valence-corrected chi connectivity index (χ3v) is 13.7. The maximum absolute atomic E-state index is 6.95.